The van der Waals surface area contributed by atoms with Gasteiger partial charge in [0.05, 0.1) is 10.0 Å². The van der Waals surface area contributed by atoms with Crippen LogP contribution in [0.4, 0.5) is 0 Å². The summed E-state index contributed by atoms with van der Waals surface area (Å²) in [6.45, 7) is 3.20. The summed E-state index contributed by atoms with van der Waals surface area (Å²) in [6.07, 6.45) is 6.55. The summed E-state index contributed by atoms with van der Waals surface area (Å²) >= 11 is 12.0. The van der Waals surface area contributed by atoms with E-state index in [4.69, 9.17) is 23.2 Å². The lowest BCUT2D eigenvalue weighted by Gasteiger charge is -2.30. The Morgan fingerprint density at radius 1 is 1.28 bits per heavy atom. The van der Waals surface area contributed by atoms with Crippen molar-refractivity contribution in [3.05, 3.63) is 33.8 Å². The van der Waals surface area contributed by atoms with Crippen LogP contribution in [-0.2, 0) is 6.42 Å². The molecule has 0 bridgehead atoms. The number of likely N-dealkylation sites (N-methyl/N-ethyl adjacent to an activating group) is 1. The Morgan fingerprint density at radius 3 is 2.61 bits per heavy atom. The predicted octanol–water partition coefficient (Wildman–Crippen LogP) is 4.70. The summed E-state index contributed by atoms with van der Waals surface area (Å²) in [5.41, 5.74) is 1.27. The van der Waals surface area contributed by atoms with E-state index in [1.54, 1.807) is 0 Å². The van der Waals surface area contributed by atoms with E-state index in [1.807, 2.05) is 12.1 Å². The molecule has 1 aliphatic carbocycles. The highest BCUT2D eigenvalue weighted by atomic mass is 35.5. The average molecular weight is 286 g/mol. The Balaban J connectivity index is 1.95. The molecule has 100 valence electrons. The van der Waals surface area contributed by atoms with Gasteiger partial charge in [0.2, 0.25) is 0 Å². The monoisotopic (exact) mass is 285 g/mol. The zero-order valence-electron chi connectivity index (χ0n) is 10.9. The van der Waals surface area contributed by atoms with E-state index < -0.39 is 0 Å². The number of halogens is 2. The maximum absolute atomic E-state index is 6.07. The fourth-order valence-corrected chi connectivity index (χ4v) is 2.93. The lowest BCUT2D eigenvalue weighted by atomic mass is 9.80. The molecule has 0 spiro atoms. The smallest absolute Gasteiger partial charge is 0.0595 e. The number of hydrogen-bond acceptors (Lipinski definition) is 1. The van der Waals surface area contributed by atoms with E-state index in [1.165, 1.54) is 31.2 Å². The third kappa shape index (κ3) is 3.88. The largest absolute Gasteiger partial charge is 0.314 e. The van der Waals surface area contributed by atoms with Gasteiger partial charge in [-0.2, -0.15) is 0 Å². The Kier molecular flexibility index (Phi) is 5.35. The fourth-order valence-electron chi connectivity index (χ4n) is 2.61. The second kappa shape index (κ2) is 6.79. The molecule has 0 heterocycles. The number of hydrogen-bond donors (Lipinski definition) is 1. The number of benzene rings is 1. The fraction of sp³-hybridized carbons (Fsp3) is 0.600. The van der Waals surface area contributed by atoms with Crippen LogP contribution in [0.25, 0.3) is 0 Å². The van der Waals surface area contributed by atoms with Gasteiger partial charge in [0.1, 0.15) is 0 Å². The molecule has 1 fully saturated rings. The highest BCUT2D eigenvalue weighted by molar-refractivity contribution is 6.42. The Hall–Kier alpha value is -0.240. The van der Waals surface area contributed by atoms with Crippen molar-refractivity contribution in [1.82, 2.24) is 5.32 Å². The number of rotatable bonds is 6. The van der Waals surface area contributed by atoms with Gasteiger partial charge in [-0.1, -0.05) is 55.5 Å². The van der Waals surface area contributed by atoms with Crippen LogP contribution in [-0.4, -0.2) is 12.6 Å². The first-order chi connectivity index (χ1) is 8.69. The van der Waals surface area contributed by atoms with Crippen molar-refractivity contribution < 1.29 is 0 Å². The standard InChI is InChI=1S/C15H21Cl2N/c1-2-18-13(8-11-4-3-5-11)9-12-6-7-14(16)15(17)10-12/h6-7,10-11,13,18H,2-5,8-9H2,1H3. The van der Waals surface area contributed by atoms with Crippen molar-refractivity contribution in [3.8, 4) is 0 Å². The van der Waals surface area contributed by atoms with Gasteiger partial charge >= 0.3 is 0 Å². The van der Waals surface area contributed by atoms with Gasteiger partial charge in [0.25, 0.3) is 0 Å². The van der Waals surface area contributed by atoms with Crippen LogP contribution in [0.2, 0.25) is 10.0 Å². The Bertz CT molecular complexity index is 388. The minimum absolute atomic E-state index is 0.567. The molecule has 1 N–H and O–H groups in total. The molecular formula is C15H21Cl2N. The Morgan fingerprint density at radius 2 is 2.06 bits per heavy atom. The van der Waals surface area contributed by atoms with Crippen LogP contribution in [0.1, 0.15) is 38.2 Å². The lowest BCUT2D eigenvalue weighted by molar-refractivity contribution is 0.260. The molecule has 1 nitrogen and oxygen atoms in total. The van der Waals surface area contributed by atoms with E-state index in [9.17, 15) is 0 Å². The van der Waals surface area contributed by atoms with Gasteiger partial charge in [-0.25, -0.2) is 0 Å². The summed E-state index contributed by atoms with van der Waals surface area (Å²) in [5, 5.41) is 4.89. The van der Waals surface area contributed by atoms with Crippen LogP contribution < -0.4 is 5.32 Å². The highest BCUT2D eigenvalue weighted by Gasteiger charge is 2.21. The molecule has 1 saturated carbocycles. The third-order valence-electron chi connectivity index (χ3n) is 3.80. The molecule has 0 aromatic heterocycles. The summed E-state index contributed by atoms with van der Waals surface area (Å²) in [4.78, 5) is 0. The minimum Gasteiger partial charge on any atom is -0.314 e. The molecule has 1 atom stereocenters. The van der Waals surface area contributed by atoms with E-state index in [-0.39, 0.29) is 0 Å². The number of nitrogens with one attached hydrogen (secondary N) is 1. The van der Waals surface area contributed by atoms with Crippen molar-refractivity contribution in [3.63, 3.8) is 0 Å². The van der Waals surface area contributed by atoms with Crippen LogP contribution >= 0.6 is 23.2 Å². The van der Waals surface area contributed by atoms with Crippen LogP contribution in [0.3, 0.4) is 0 Å². The first-order valence-electron chi connectivity index (χ1n) is 6.86. The SMILES string of the molecule is CCNC(Cc1ccc(Cl)c(Cl)c1)CC1CCC1. The first kappa shape index (κ1) is 14.2. The molecule has 1 aliphatic rings. The molecule has 0 amide bonds. The Labute approximate surface area is 120 Å². The topological polar surface area (TPSA) is 12.0 Å². The second-order valence-corrected chi connectivity index (χ2v) is 6.05. The van der Waals surface area contributed by atoms with Crippen LogP contribution in [0.5, 0.6) is 0 Å². The van der Waals surface area contributed by atoms with Crippen LogP contribution in [0, 0.1) is 5.92 Å². The third-order valence-corrected chi connectivity index (χ3v) is 4.54. The first-order valence-corrected chi connectivity index (χ1v) is 7.62. The van der Waals surface area contributed by atoms with E-state index in [0.717, 1.165) is 18.9 Å². The minimum atomic E-state index is 0.567. The molecule has 1 unspecified atom stereocenters. The van der Waals surface area contributed by atoms with Gasteiger partial charge < -0.3 is 5.32 Å². The zero-order chi connectivity index (χ0) is 13.0. The van der Waals surface area contributed by atoms with Gasteiger partial charge in [-0.3, -0.25) is 0 Å². The zero-order valence-corrected chi connectivity index (χ0v) is 12.4. The molecule has 2 rings (SSSR count). The summed E-state index contributed by atoms with van der Waals surface area (Å²) < 4.78 is 0. The maximum atomic E-state index is 6.07. The van der Waals surface area contributed by atoms with Crippen molar-refractivity contribution in [2.75, 3.05) is 6.54 Å². The van der Waals surface area contributed by atoms with Gasteiger partial charge in [0.15, 0.2) is 0 Å². The van der Waals surface area contributed by atoms with E-state index in [2.05, 4.69) is 18.3 Å². The van der Waals surface area contributed by atoms with E-state index >= 15 is 0 Å². The summed E-state index contributed by atoms with van der Waals surface area (Å²) in [5.74, 6) is 0.928. The van der Waals surface area contributed by atoms with Crippen molar-refractivity contribution >= 4 is 23.2 Å². The predicted molar refractivity (Wildman–Crippen MR) is 79.6 cm³/mol. The average Bonchev–Trinajstić information content (AvgIpc) is 2.29. The molecule has 1 aromatic carbocycles. The molecule has 0 saturated heterocycles. The molecule has 0 radical (unpaired) electrons. The van der Waals surface area contributed by atoms with E-state index in [0.29, 0.717) is 16.1 Å². The van der Waals surface area contributed by atoms with Crippen LogP contribution in [0.15, 0.2) is 18.2 Å². The van der Waals surface area contributed by atoms with Gasteiger partial charge in [-0.15, -0.1) is 0 Å². The summed E-state index contributed by atoms with van der Waals surface area (Å²) in [7, 11) is 0. The molecule has 1 aromatic rings. The molecule has 18 heavy (non-hydrogen) atoms. The van der Waals surface area contributed by atoms with Gasteiger partial charge in [-0.05, 0) is 43.0 Å². The molecule has 0 aliphatic heterocycles. The second-order valence-electron chi connectivity index (χ2n) is 5.24. The van der Waals surface area contributed by atoms with Crippen molar-refractivity contribution in [2.24, 2.45) is 5.92 Å². The molecular weight excluding hydrogens is 265 g/mol. The normalized spacial score (nSPS) is 17.5. The van der Waals surface area contributed by atoms with Crippen molar-refractivity contribution in [2.45, 2.75) is 45.1 Å². The molecule has 3 heteroatoms. The highest BCUT2D eigenvalue weighted by Crippen LogP contribution is 2.31. The lowest BCUT2D eigenvalue weighted by Crippen LogP contribution is -2.34. The quantitative estimate of drug-likeness (QED) is 0.799. The summed E-state index contributed by atoms with van der Waals surface area (Å²) in [6, 6.07) is 6.54. The maximum Gasteiger partial charge on any atom is 0.0595 e. The van der Waals surface area contributed by atoms with Crippen molar-refractivity contribution in [1.29, 1.82) is 0 Å². The van der Waals surface area contributed by atoms with Gasteiger partial charge in [0, 0.05) is 6.04 Å².